The lowest BCUT2D eigenvalue weighted by Crippen LogP contribution is -2.47. The van der Waals surface area contributed by atoms with Crippen molar-refractivity contribution in [3.63, 3.8) is 0 Å². The molecule has 0 radical (unpaired) electrons. The molecule has 2 saturated heterocycles. The molecule has 0 amide bonds. The minimum atomic E-state index is 0. The summed E-state index contributed by atoms with van der Waals surface area (Å²) in [6, 6.07) is 6.45. The molecule has 31 heavy (non-hydrogen) atoms. The number of guanidine groups is 1. The molecule has 1 unspecified atom stereocenters. The second kappa shape index (κ2) is 11.0. The van der Waals surface area contributed by atoms with Gasteiger partial charge < -0.3 is 24.4 Å². The van der Waals surface area contributed by atoms with E-state index in [9.17, 15) is 0 Å². The van der Waals surface area contributed by atoms with E-state index in [1.807, 2.05) is 13.1 Å². The Morgan fingerprint density at radius 2 is 1.87 bits per heavy atom. The van der Waals surface area contributed by atoms with Crippen LogP contribution in [0.4, 0.5) is 0 Å². The van der Waals surface area contributed by atoms with Gasteiger partial charge in [0.25, 0.3) is 0 Å². The van der Waals surface area contributed by atoms with Crippen LogP contribution in [0.5, 0.6) is 11.5 Å². The van der Waals surface area contributed by atoms with E-state index < -0.39 is 0 Å². The molecule has 8 heteroatoms. The zero-order chi connectivity index (χ0) is 21.0. The van der Waals surface area contributed by atoms with Crippen LogP contribution < -0.4 is 14.8 Å². The molecule has 0 aromatic heterocycles. The van der Waals surface area contributed by atoms with Gasteiger partial charge in [-0.2, -0.15) is 0 Å². The Kier molecular flexibility index (Phi) is 8.69. The molecular formula is C23H37IN4O3. The lowest BCUT2D eigenvalue weighted by molar-refractivity contribution is 0.0168. The zero-order valence-electron chi connectivity index (χ0n) is 19.1. The summed E-state index contributed by atoms with van der Waals surface area (Å²) in [6.45, 7) is 6.44. The largest absolute Gasteiger partial charge is 0.493 e. The van der Waals surface area contributed by atoms with E-state index in [0.29, 0.717) is 5.41 Å². The van der Waals surface area contributed by atoms with E-state index in [4.69, 9.17) is 14.2 Å². The van der Waals surface area contributed by atoms with Crippen molar-refractivity contribution in [2.24, 2.45) is 10.4 Å². The van der Waals surface area contributed by atoms with Crippen LogP contribution in [0.1, 0.15) is 37.3 Å². The van der Waals surface area contributed by atoms with Crippen molar-refractivity contribution in [3.8, 4) is 11.5 Å². The third-order valence-corrected chi connectivity index (χ3v) is 7.10. The van der Waals surface area contributed by atoms with Crippen LogP contribution in [0, 0.1) is 5.41 Å². The van der Waals surface area contributed by atoms with Crippen LogP contribution in [0.25, 0.3) is 0 Å². The topological polar surface area (TPSA) is 58.6 Å². The normalized spacial score (nSPS) is 21.9. The van der Waals surface area contributed by atoms with Crippen molar-refractivity contribution in [3.05, 3.63) is 23.8 Å². The molecule has 1 atom stereocenters. The van der Waals surface area contributed by atoms with Gasteiger partial charge in [-0.15, -0.1) is 24.0 Å². The molecule has 1 aromatic rings. The Bertz CT molecular complexity index is 750. The van der Waals surface area contributed by atoms with Gasteiger partial charge in [-0.05, 0) is 42.4 Å². The van der Waals surface area contributed by atoms with Crippen LogP contribution in [0.2, 0.25) is 0 Å². The predicted molar refractivity (Wildman–Crippen MR) is 134 cm³/mol. The summed E-state index contributed by atoms with van der Waals surface area (Å²) in [5.74, 6) is 2.55. The Morgan fingerprint density at radius 1 is 1.13 bits per heavy atom. The van der Waals surface area contributed by atoms with Gasteiger partial charge in [0.15, 0.2) is 17.5 Å². The number of methoxy groups -OCH3 is 2. The second-order valence-electron chi connectivity index (χ2n) is 8.73. The first-order valence-electron chi connectivity index (χ1n) is 11.2. The molecule has 0 bridgehead atoms. The van der Waals surface area contributed by atoms with Gasteiger partial charge in [0.2, 0.25) is 0 Å². The van der Waals surface area contributed by atoms with Gasteiger partial charge in [-0.3, -0.25) is 9.89 Å². The molecule has 1 N–H and O–H groups in total. The first kappa shape index (κ1) is 24.4. The highest BCUT2D eigenvalue weighted by molar-refractivity contribution is 14.0. The quantitative estimate of drug-likeness (QED) is 0.338. The van der Waals surface area contributed by atoms with Gasteiger partial charge >= 0.3 is 0 Å². The minimum absolute atomic E-state index is 0. The lowest BCUT2D eigenvalue weighted by Gasteiger charge is -2.38. The number of ether oxygens (including phenoxy) is 3. The van der Waals surface area contributed by atoms with Crippen molar-refractivity contribution in [2.75, 3.05) is 67.2 Å². The van der Waals surface area contributed by atoms with Gasteiger partial charge in [-0.1, -0.05) is 12.5 Å². The summed E-state index contributed by atoms with van der Waals surface area (Å²) in [5.41, 5.74) is 1.78. The lowest BCUT2D eigenvalue weighted by atomic mass is 9.68. The monoisotopic (exact) mass is 544 g/mol. The van der Waals surface area contributed by atoms with Gasteiger partial charge in [0.05, 0.1) is 33.5 Å². The Hall–Kier alpha value is -1.26. The molecular weight excluding hydrogens is 507 g/mol. The highest BCUT2D eigenvalue weighted by Gasteiger charge is 2.43. The molecule has 1 aromatic carbocycles. The number of aliphatic imine (C=N–C) groups is 1. The standard InChI is InChI=1S/C23H36N4O3.HI/c1-24-22(27-10-9-23(17-27)7-4-8-23)25-16-19(26-11-13-30-14-12-26)18-5-6-20(28-2)21(15-18)29-3;/h5-6,15,19H,4,7-14,16-17H2,1-3H3,(H,24,25);1H. The average molecular weight is 544 g/mol. The third kappa shape index (κ3) is 5.39. The number of nitrogens with one attached hydrogen (secondary N) is 1. The summed E-state index contributed by atoms with van der Waals surface area (Å²) in [7, 11) is 5.26. The highest BCUT2D eigenvalue weighted by atomic mass is 127. The van der Waals surface area contributed by atoms with Crippen LogP contribution in [-0.4, -0.2) is 83.0 Å². The molecule has 1 spiro atoms. The first-order chi connectivity index (χ1) is 14.7. The summed E-state index contributed by atoms with van der Waals surface area (Å²) in [4.78, 5) is 9.55. The van der Waals surface area contributed by atoms with Gasteiger partial charge in [-0.25, -0.2) is 0 Å². The fraction of sp³-hybridized carbons (Fsp3) is 0.696. The molecule has 1 saturated carbocycles. The third-order valence-electron chi connectivity index (χ3n) is 7.10. The average Bonchev–Trinajstić information content (AvgIpc) is 3.23. The maximum absolute atomic E-state index is 5.60. The van der Waals surface area contributed by atoms with Crippen LogP contribution in [0.3, 0.4) is 0 Å². The van der Waals surface area contributed by atoms with E-state index in [0.717, 1.165) is 63.4 Å². The SMILES string of the molecule is CN=C(NCC(c1ccc(OC)c(OC)c1)N1CCOCC1)N1CCC2(CCC2)C1.I. The maximum Gasteiger partial charge on any atom is 0.193 e. The van der Waals surface area contributed by atoms with E-state index in [-0.39, 0.29) is 30.0 Å². The van der Waals surface area contributed by atoms with Crippen molar-refractivity contribution in [2.45, 2.75) is 31.7 Å². The number of likely N-dealkylation sites (tertiary alicyclic amines) is 1. The van der Waals surface area contributed by atoms with Crippen molar-refractivity contribution in [1.82, 2.24) is 15.1 Å². The van der Waals surface area contributed by atoms with E-state index >= 15 is 0 Å². The predicted octanol–water partition coefficient (Wildman–Crippen LogP) is 3.15. The smallest absolute Gasteiger partial charge is 0.193 e. The zero-order valence-corrected chi connectivity index (χ0v) is 21.4. The van der Waals surface area contributed by atoms with E-state index in [2.05, 4.69) is 32.2 Å². The number of rotatable bonds is 6. The minimum Gasteiger partial charge on any atom is -0.493 e. The van der Waals surface area contributed by atoms with Crippen LogP contribution in [0.15, 0.2) is 23.2 Å². The summed E-state index contributed by atoms with van der Waals surface area (Å²) in [6.07, 6.45) is 5.44. The maximum atomic E-state index is 5.60. The Morgan fingerprint density at radius 3 is 2.45 bits per heavy atom. The van der Waals surface area contributed by atoms with Crippen LogP contribution >= 0.6 is 24.0 Å². The summed E-state index contributed by atoms with van der Waals surface area (Å²) < 4.78 is 16.6. The van der Waals surface area contributed by atoms with Crippen molar-refractivity contribution in [1.29, 1.82) is 0 Å². The fourth-order valence-electron chi connectivity index (χ4n) is 5.13. The number of nitrogens with zero attached hydrogens (tertiary/aromatic N) is 3. The summed E-state index contributed by atoms with van der Waals surface area (Å²) in [5, 5.41) is 3.68. The summed E-state index contributed by atoms with van der Waals surface area (Å²) >= 11 is 0. The Balaban J connectivity index is 0.00000272. The van der Waals surface area contributed by atoms with Crippen LogP contribution in [-0.2, 0) is 4.74 Å². The number of hydrogen-bond acceptors (Lipinski definition) is 5. The van der Waals surface area contributed by atoms with E-state index in [1.165, 1.54) is 31.2 Å². The number of halogens is 1. The Labute approximate surface area is 203 Å². The molecule has 2 aliphatic heterocycles. The van der Waals surface area contributed by atoms with Gasteiger partial charge in [0, 0.05) is 39.8 Å². The molecule has 7 nitrogen and oxygen atoms in total. The molecule has 3 fully saturated rings. The van der Waals surface area contributed by atoms with Gasteiger partial charge in [0.1, 0.15) is 0 Å². The molecule has 2 heterocycles. The van der Waals surface area contributed by atoms with Crippen molar-refractivity contribution >= 4 is 29.9 Å². The highest BCUT2D eigenvalue weighted by Crippen LogP contribution is 2.47. The second-order valence-corrected chi connectivity index (χ2v) is 8.73. The fourth-order valence-corrected chi connectivity index (χ4v) is 5.13. The molecule has 4 rings (SSSR count). The number of morpholine rings is 1. The van der Waals surface area contributed by atoms with Crippen molar-refractivity contribution < 1.29 is 14.2 Å². The molecule has 174 valence electrons. The molecule has 1 aliphatic carbocycles. The molecule has 3 aliphatic rings. The number of hydrogen-bond donors (Lipinski definition) is 1. The van der Waals surface area contributed by atoms with E-state index in [1.54, 1.807) is 14.2 Å². The number of benzene rings is 1. The first-order valence-corrected chi connectivity index (χ1v) is 11.2.